The van der Waals surface area contributed by atoms with E-state index in [-0.39, 0.29) is 5.56 Å². The van der Waals surface area contributed by atoms with Crippen LogP contribution in [0.3, 0.4) is 0 Å². The molecule has 2 heterocycles. The number of ether oxygens (including phenoxy) is 2. The molecule has 6 nitrogen and oxygen atoms in total. The third kappa shape index (κ3) is 3.86. The molecule has 0 aromatic carbocycles. The summed E-state index contributed by atoms with van der Waals surface area (Å²) in [5, 5.41) is 1.88. The molecule has 0 amide bonds. The van der Waals surface area contributed by atoms with Crippen molar-refractivity contribution in [3.63, 3.8) is 0 Å². The van der Waals surface area contributed by atoms with Crippen molar-refractivity contribution in [2.75, 3.05) is 40.5 Å². The van der Waals surface area contributed by atoms with Gasteiger partial charge < -0.3 is 14.5 Å². The fourth-order valence-corrected chi connectivity index (χ4v) is 2.64. The number of nitrogens with zero attached hydrogens (tertiary/aromatic N) is 2. The van der Waals surface area contributed by atoms with E-state index in [9.17, 15) is 4.79 Å². The lowest BCUT2D eigenvalue weighted by Crippen LogP contribution is -2.31. The van der Waals surface area contributed by atoms with E-state index in [1.165, 1.54) is 11.3 Å². The topological polar surface area (TPSA) is 67.5 Å². The fraction of sp³-hybridized carbons (Fsp3) is 0.538. The van der Waals surface area contributed by atoms with Crippen LogP contribution in [0, 0.1) is 0 Å². The fourth-order valence-electron chi connectivity index (χ4n) is 1.92. The van der Waals surface area contributed by atoms with Crippen molar-refractivity contribution in [1.82, 2.24) is 14.9 Å². The van der Waals surface area contributed by atoms with Gasteiger partial charge in [-0.1, -0.05) is 0 Å². The molecule has 0 aliphatic carbocycles. The van der Waals surface area contributed by atoms with Gasteiger partial charge in [0.2, 0.25) is 0 Å². The molecule has 110 valence electrons. The highest BCUT2D eigenvalue weighted by Gasteiger charge is 2.10. The highest BCUT2D eigenvalue weighted by atomic mass is 32.1. The Morgan fingerprint density at radius 1 is 1.30 bits per heavy atom. The third-order valence-corrected chi connectivity index (χ3v) is 3.86. The van der Waals surface area contributed by atoms with Crippen LogP contribution in [-0.2, 0) is 16.0 Å². The van der Waals surface area contributed by atoms with Crippen molar-refractivity contribution in [3.8, 4) is 0 Å². The molecule has 0 atom stereocenters. The summed E-state index contributed by atoms with van der Waals surface area (Å²) >= 11 is 1.41. The number of nitrogens with one attached hydrogen (secondary N) is 1. The summed E-state index contributed by atoms with van der Waals surface area (Å²) in [6.07, 6.45) is 0. The molecule has 0 fully saturated rings. The second kappa shape index (κ2) is 7.49. The predicted molar refractivity (Wildman–Crippen MR) is 79.3 cm³/mol. The summed E-state index contributed by atoms with van der Waals surface area (Å²) in [4.78, 5) is 21.4. The molecule has 0 spiro atoms. The first-order chi connectivity index (χ1) is 9.74. The number of aromatic amines is 1. The molecule has 0 aliphatic rings. The summed E-state index contributed by atoms with van der Waals surface area (Å²) in [6, 6.07) is 1.87. The first-order valence-electron chi connectivity index (χ1n) is 6.41. The molecule has 0 unspecified atom stereocenters. The lowest BCUT2D eigenvalue weighted by molar-refractivity contribution is 0.109. The SMILES string of the molecule is COCCN(CCOC)Cc1nc2ccsc2c(=O)[nH]1. The minimum absolute atomic E-state index is 0.0709. The van der Waals surface area contributed by atoms with E-state index in [4.69, 9.17) is 9.47 Å². The summed E-state index contributed by atoms with van der Waals surface area (Å²) < 4.78 is 10.9. The Bertz CT molecular complexity index is 588. The maximum Gasteiger partial charge on any atom is 0.268 e. The first kappa shape index (κ1) is 15.1. The van der Waals surface area contributed by atoms with Crippen LogP contribution in [0.25, 0.3) is 10.2 Å². The quantitative estimate of drug-likeness (QED) is 0.789. The van der Waals surface area contributed by atoms with E-state index in [0.29, 0.717) is 30.3 Å². The molecular weight excluding hydrogens is 278 g/mol. The van der Waals surface area contributed by atoms with Crippen molar-refractivity contribution >= 4 is 21.6 Å². The van der Waals surface area contributed by atoms with Gasteiger partial charge in [0.15, 0.2) is 0 Å². The first-order valence-corrected chi connectivity index (χ1v) is 7.29. The van der Waals surface area contributed by atoms with Crippen molar-refractivity contribution in [2.45, 2.75) is 6.54 Å². The second-order valence-electron chi connectivity index (χ2n) is 4.41. The molecule has 2 rings (SSSR count). The molecule has 0 bridgehead atoms. The molecule has 2 aromatic rings. The Labute approximate surface area is 121 Å². The number of hydrogen-bond acceptors (Lipinski definition) is 6. The number of H-pyrrole nitrogens is 1. The van der Waals surface area contributed by atoms with Gasteiger partial charge in [-0.05, 0) is 11.4 Å². The average Bonchev–Trinajstić information content (AvgIpc) is 2.90. The zero-order valence-electron chi connectivity index (χ0n) is 11.7. The van der Waals surface area contributed by atoms with Crippen LogP contribution in [-0.4, -0.2) is 55.4 Å². The molecular formula is C13H19N3O3S. The summed E-state index contributed by atoms with van der Waals surface area (Å²) in [5.41, 5.74) is 0.686. The standard InChI is InChI=1S/C13H19N3O3S/c1-18-6-4-16(5-7-19-2)9-11-14-10-3-8-20-12(10)13(17)15-11/h3,8H,4-7,9H2,1-2H3,(H,14,15,17). The number of rotatable bonds is 8. The Balaban J connectivity index is 2.12. The van der Waals surface area contributed by atoms with Gasteiger partial charge >= 0.3 is 0 Å². The maximum absolute atomic E-state index is 11.9. The molecule has 2 aromatic heterocycles. The van der Waals surface area contributed by atoms with Crippen LogP contribution in [0.1, 0.15) is 5.82 Å². The highest BCUT2D eigenvalue weighted by molar-refractivity contribution is 7.17. The number of thiophene rings is 1. The average molecular weight is 297 g/mol. The van der Waals surface area contributed by atoms with Gasteiger partial charge in [-0.2, -0.15) is 0 Å². The van der Waals surface area contributed by atoms with Crippen LogP contribution >= 0.6 is 11.3 Å². The monoisotopic (exact) mass is 297 g/mol. The van der Waals surface area contributed by atoms with Gasteiger partial charge in [0.25, 0.3) is 5.56 Å². The smallest absolute Gasteiger partial charge is 0.268 e. The zero-order chi connectivity index (χ0) is 14.4. The van der Waals surface area contributed by atoms with Crippen LogP contribution in [0.2, 0.25) is 0 Å². The number of methoxy groups -OCH3 is 2. The van der Waals surface area contributed by atoms with Gasteiger partial charge in [0.05, 0.1) is 25.3 Å². The van der Waals surface area contributed by atoms with E-state index < -0.39 is 0 Å². The van der Waals surface area contributed by atoms with Gasteiger partial charge in [0, 0.05) is 27.3 Å². The summed E-state index contributed by atoms with van der Waals surface area (Å²) in [7, 11) is 3.35. The maximum atomic E-state index is 11.9. The lowest BCUT2D eigenvalue weighted by atomic mass is 10.4. The Morgan fingerprint density at radius 3 is 2.65 bits per heavy atom. The molecule has 1 N–H and O–H groups in total. The normalized spacial score (nSPS) is 11.6. The van der Waals surface area contributed by atoms with Crippen LogP contribution in [0.5, 0.6) is 0 Å². The van der Waals surface area contributed by atoms with Crippen molar-refractivity contribution in [1.29, 1.82) is 0 Å². The number of hydrogen-bond donors (Lipinski definition) is 1. The highest BCUT2D eigenvalue weighted by Crippen LogP contribution is 2.14. The second-order valence-corrected chi connectivity index (χ2v) is 5.33. The molecule has 0 radical (unpaired) electrons. The summed E-state index contributed by atoms with van der Waals surface area (Å²) in [5.74, 6) is 0.674. The van der Waals surface area contributed by atoms with Crippen molar-refractivity contribution in [3.05, 3.63) is 27.6 Å². The molecule has 0 aliphatic heterocycles. The van der Waals surface area contributed by atoms with Crippen LogP contribution in [0.15, 0.2) is 16.2 Å². The van der Waals surface area contributed by atoms with Gasteiger partial charge in [-0.3, -0.25) is 9.69 Å². The molecule has 20 heavy (non-hydrogen) atoms. The molecule has 0 saturated carbocycles. The van der Waals surface area contributed by atoms with Gasteiger partial charge in [-0.15, -0.1) is 11.3 Å². The van der Waals surface area contributed by atoms with Gasteiger partial charge in [0.1, 0.15) is 10.5 Å². The van der Waals surface area contributed by atoms with E-state index in [1.807, 2.05) is 11.4 Å². The van der Waals surface area contributed by atoms with Crippen molar-refractivity contribution in [2.24, 2.45) is 0 Å². The number of aromatic nitrogens is 2. The minimum atomic E-state index is -0.0709. The summed E-state index contributed by atoms with van der Waals surface area (Å²) in [6.45, 7) is 3.38. The lowest BCUT2D eigenvalue weighted by Gasteiger charge is -2.20. The van der Waals surface area contributed by atoms with E-state index >= 15 is 0 Å². The van der Waals surface area contributed by atoms with Gasteiger partial charge in [-0.25, -0.2) is 4.98 Å². The Morgan fingerprint density at radius 2 is 2.00 bits per heavy atom. The van der Waals surface area contributed by atoms with Crippen LogP contribution in [0.4, 0.5) is 0 Å². The van der Waals surface area contributed by atoms with E-state index in [0.717, 1.165) is 18.6 Å². The predicted octanol–water partition coefficient (Wildman–Crippen LogP) is 1.08. The third-order valence-electron chi connectivity index (χ3n) is 2.96. The largest absolute Gasteiger partial charge is 0.383 e. The van der Waals surface area contributed by atoms with Crippen molar-refractivity contribution < 1.29 is 9.47 Å². The van der Waals surface area contributed by atoms with Crippen LogP contribution < -0.4 is 5.56 Å². The van der Waals surface area contributed by atoms with E-state index in [2.05, 4.69) is 14.9 Å². The Kier molecular flexibility index (Phi) is 5.66. The zero-order valence-corrected chi connectivity index (χ0v) is 12.5. The number of fused-ring (bicyclic) bond motifs is 1. The minimum Gasteiger partial charge on any atom is -0.383 e. The Hall–Kier alpha value is -1.28. The van der Waals surface area contributed by atoms with E-state index in [1.54, 1.807) is 14.2 Å². The molecule has 7 heteroatoms. The molecule has 0 saturated heterocycles.